The van der Waals surface area contributed by atoms with Crippen LogP contribution in [0, 0.1) is 29.6 Å². The second kappa shape index (κ2) is 18.0. The molecule has 3 unspecified atom stereocenters. The minimum absolute atomic E-state index is 0.0102. The van der Waals surface area contributed by atoms with E-state index in [9.17, 15) is 25.2 Å². The van der Waals surface area contributed by atoms with Crippen molar-refractivity contribution in [2.45, 2.75) is 106 Å². The average molecular weight is 692 g/mol. The lowest BCUT2D eigenvalue weighted by molar-refractivity contribution is -0.140. The van der Waals surface area contributed by atoms with E-state index >= 15 is 4.39 Å². The van der Waals surface area contributed by atoms with E-state index in [1.54, 1.807) is 4.90 Å². The van der Waals surface area contributed by atoms with E-state index < -0.39 is 37.2 Å². The maximum Gasteiger partial charge on any atom is 0.222 e. The van der Waals surface area contributed by atoms with Gasteiger partial charge in [-0.1, -0.05) is 0 Å². The lowest BCUT2D eigenvalue weighted by Gasteiger charge is -2.46. The number of amides is 1. The maximum absolute atomic E-state index is 15.1. The quantitative estimate of drug-likeness (QED) is 0.0992. The molecule has 47 heavy (non-hydrogen) atoms. The maximum atomic E-state index is 15.1. The summed E-state index contributed by atoms with van der Waals surface area (Å²) in [5.74, 6) is 2.28. The van der Waals surface area contributed by atoms with Gasteiger partial charge in [-0.05, 0) is 68.6 Å². The van der Waals surface area contributed by atoms with Gasteiger partial charge in [-0.15, -0.1) is 11.6 Å². The summed E-state index contributed by atoms with van der Waals surface area (Å²) in [6, 6.07) is 0. The first-order valence-corrected chi connectivity index (χ1v) is 18.5. The molecule has 12 nitrogen and oxygen atoms in total. The zero-order valence-electron chi connectivity index (χ0n) is 27.6. The van der Waals surface area contributed by atoms with Gasteiger partial charge in [-0.3, -0.25) is 20.3 Å². The third-order valence-electron chi connectivity index (χ3n) is 11.5. The van der Waals surface area contributed by atoms with Crippen molar-refractivity contribution in [3.05, 3.63) is 0 Å². The highest BCUT2D eigenvalue weighted by molar-refractivity contribution is 6.21. The highest BCUT2D eigenvalue weighted by atomic mass is 35.5. The Kier molecular flexibility index (Phi) is 14.4. The van der Waals surface area contributed by atoms with Crippen LogP contribution in [0.25, 0.3) is 0 Å². The number of hydrogen-bond donors (Lipinski definition) is 8. The third kappa shape index (κ3) is 10.4. The number of aliphatic hydroxyl groups is 5. The number of alkyl halides is 2. The van der Waals surface area contributed by atoms with Gasteiger partial charge in [0.1, 0.15) is 30.8 Å². The molecule has 0 aromatic rings. The second-order valence-corrected chi connectivity index (χ2v) is 15.6. The smallest absolute Gasteiger partial charge is 0.222 e. The van der Waals surface area contributed by atoms with E-state index in [2.05, 4.69) is 20.9 Å². The molecule has 0 aromatic heterocycles. The summed E-state index contributed by atoms with van der Waals surface area (Å²) in [7, 11) is 0. The standard InChI is InChI=1S/C33H59ClFN5O7/c34-25-14-37-33(38-15-25)39-6-3-22(4-7-39)24-9-20(10-24)5-8-47-26-2-1-23(27(35)12-26)11-30(44)40-17-21(18-40)13-36-16-28(42)31(45)32(46)29(43)19-41/h20-29,31-33,36-38,41-43,45-46H,1-19H2/t20?,23?,24?,25?,26?,27?,28-,29+,31+,32+,33?/m0/s1. The molecule has 5 rings (SSSR count). The number of nitrogens with one attached hydrogen (secondary N) is 3. The van der Waals surface area contributed by atoms with Gasteiger partial charge in [0, 0.05) is 77.7 Å². The number of nitrogens with zero attached hydrogens (tertiary/aromatic N) is 2. The van der Waals surface area contributed by atoms with Crippen LogP contribution >= 0.6 is 11.6 Å². The Labute approximate surface area is 283 Å². The normalized spacial score (nSPS) is 35.5. The summed E-state index contributed by atoms with van der Waals surface area (Å²) >= 11 is 6.18. The Morgan fingerprint density at radius 3 is 2.28 bits per heavy atom. The highest BCUT2D eigenvalue weighted by Crippen LogP contribution is 2.44. The van der Waals surface area contributed by atoms with Gasteiger partial charge in [-0.25, -0.2) is 4.39 Å². The summed E-state index contributed by atoms with van der Waals surface area (Å²) in [6.07, 6.45) is 1.27. The number of carbonyl (C=O) groups excluding carboxylic acids is 1. The number of piperidine rings is 1. The van der Waals surface area contributed by atoms with Gasteiger partial charge in [-0.2, -0.15) is 0 Å². The molecule has 3 heterocycles. The fourth-order valence-electron chi connectivity index (χ4n) is 8.24. The molecule has 8 N–H and O–H groups in total. The largest absolute Gasteiger partial charge is 0.394 e. The molecule has 1 amide bonds. The van der Waals surface area contributed by atoms with Crippen LogP contribution in [0.1, 0.15) is 57.8 Å². The van der Waals surface area contributed by atoms with Crippen molar-refractivity contribution in [3.8, 4) is 0 Å². The minimum Gasteiger partial charge on any atom is -0.394 e. The van der Waals surface area contributed by atoms with Gasteiger partial charge in [0.25, 0.3) is 0 Å². The predicted octanol–water partition coefficient (Wildman–Crippen LogP) is -0.404. The number of hydrogen-bond acceptors (Lipinski definition) is 11. The van der Waals surface area contributed by atoms with E-state index in [4.69, 9.17) is 21.4 Å². The van der Waals surface area contributed by atoms with Gasteiger partial charge < -0.3 is 40.5 Å². The average Bonchev–Trinajstić information content (AvgIpc) is 3.03. The molecule has 2 saturated carbocycles. The molecule has 14 heteroatoms. The topological polar surface area (TPSA) is 170 Å². The monoisotopic (exact) mass is 691 g/mol. The van der Waals surface area contributed by atoms with Crippen molar-refractivity contribution in [1.82, 2.24) is 25.8 Å². The van der Waals surface area contributed by atoms with E-state index in [-0.39, 0.29) is 48.5 Å². The number of likely N-dealkylation sites (tertiary alicyclic amines) is 2. The molecule has 5 aliphatic rings. The number of carbonyl (C=O) groups is 1. The van der Waals surface area contributed by atoms with E-state index in [1.165, 1.54) is 25.7 Å². The number of rotatable bonds is 16. The lowest BCUT2D eigenvalue weighted by atomic mass is 9.65. The van der Waals surface area contributed by atoms with E-state index in [0.717, 1.165) is 56.8 Å². The summed E-state index contributed by atoms with van der Waals surface area (Å²) in [4.78, 5) is 17.0. The van der Waals surface area contributed by atoms with Crippen molar-refractivity contribution in [3.63, 3.8) is 0 Å². The Bertz CT molecular complexity index is 950. The molecule has 7 atom stereocenters. The Morgan fingerprint density at radius 1 is 0.936 bits per heavy atom. The summed E-state index contributed by atoms with van der Waals surface area (Å²) in [6.45, 7) is 5.56. The van der Waals surface area contributed by atoms with Gasteiger partial charge in [0.15, 0.2) is 0 Å². The third-order valence-corrected chi connectivity index (χ3v) is 11.8. The zero-order valence-corrected chi connectivity index (χ0v) is 28.4. The van der Waals surface area contributed by atoms with E-state index in [0.29, 0.717) is 39.1 Å². The first-order valence-electron chi connectivity index (χ1n) is 18.0. The fourth-order valence-corrected chi connectivity index (χ4v) is 8.42. The lowest BCUT2D eigenvalue weighted by Crippen LogP contribution is -2.63. The van der Waals surface area contributed by atoms with Crippen molar-refractivity contribution < 1.29 is 39.5 Å². The predicted molar refractivity (Wildman–Crippen MR) is 175 cm³/mol. The zero-order chi connectivity index (χ0) is 33.5. The van der Waals surface area contributed by atoms with Crippen molar-refractivity contribution in [2.24, 2.45) is 29.6 Å². The van der Waals surface area contributed by atoms with Gasteiger partial charge >= 0.3 is 0 Å². The van der Waals surface area contributed by atoms with Crippen LogP contribution in [0.4, 0.5) is 4.39 Å². The molecule has 2 aliphatic carbocycles. The Hall–Kier alpha value is -0.710. The molecule has 0 bridgehead atoms. The van der Waals surface area contributed by atoms with Crippen LogP contribution in [0.5, 0.6) is 0 Å². The SMILES string of the molecule is O=C(CC1CCC(OCCC2CC(C3CCN(C4NCC(Cl)CN4)CC3)C2)CC1F)N1CC(CNC[C@H](O)[C@@H](O)[C@H](O)[C@H](O)CO)C1. The van der Waals surface area contributed by atoms with E-state index in [1.807, 2.05) is 0 Å². The van der Waals surface area contributed by atoms with Gasteiger partial charge in [0.2, 0.25) is 5.91 Å². The Balaban J connectivity index is 0.871. The van der Waals surface area contributed by atoms with Crippen molar-refractivity contribution >= 4 is 17.5 Å². The molecule has 5 fully saturated rings. The fraction of sp³-hybridized carbons (Fsp3) is 0.970. The molecule has 3 saturated heterocycles. The van der Waals surface area contributed by atoms with Crippen molar-refractivity contribution in [2.75, 3.05) is 65.6 Å². The first kappa shape index (κ1) is 37.5. The van der Waals surface area contributed by atoms with Crippen LogP contribution < -0.4 is 16.0 Å². The number of ether oxygens (including phenoxy) is 1. The summed E-state index contributed by atoms with van der Waals surface area (Å²) < 4.78 is 21.2. The molecule has 0 spiro atoms. The van der Waals surface area contributed by atoms with Crippen LogP contribution in [-0.2, 0) is 9.53 Å². The molecule has 0 radical (unpaired) electrons. The van der Waals surface area contributed by atoms with Crippen LogP contribution in [0.3, 0.4) is 0 Å². The second-order valence-electron chi connectivity index (χ2n) is 15.0. The van der Waals surface area contributed by atoms with Crippen LogP contribution in [-0.4, -0.2) is 155 Å². The summed E-state index contributed by atoms with van der Waals surface area (Å²) in [5, 5.41) is 58.1. The highest BCUT2D eigenvalue weighted by Gasteiger charge is 2.39. The first-order chi connectivity index (χ1) is 22.6. The van der Waals surface area contributed by atoms with Crippen LogP contribution in [0.15, 0.2) is 0 Å². The molecule has 272 valence electrons. The van der Waals surface area contributed by atoms with Crippen LogP contribution in [0.2, 0.25) is 0 Å². The number of aliphatic hydroxyl groups excluding tert-OH is 5. The summed E-state index contributed by atoms with van der Waals surface area (Å²) in [5.41, 5.74) is 0. The molecular weight excluding hydrogens is 633 g/mol. The molecule has 3 aliphatic heterocycles. The molecular formula is C33H59ClFN5O7. The van der Waals surface area contributed by atoms with Crippen molar-refractivity contribution in [1.29, 1.82) is 0 Å². The minimum atomic E-state index is -1.65. The molecule has 0 aromatic carbocycles. The van der Waals surface area contributed by atoms with Gasteiger partial charge in [0.05, 0.1) is 24.2 Å². The number of halogens is 2. The Morgan fingerprint density at radius 2 is 1.62 bits per heavy atom.